The number of rotatable bonds is 9. The second-order valence-electron chi connectivity index (χ2n) is 11.8. The Bertz CT molecular complexity index is 981. The molecule has 20 heteroatoms. The highest BCUT2D eigenvalue weighted by Crippen LogP contribution is 2.34. The van der Waals surface area contributed by atoms with E-state index in [-0.39, 0.29) is 0 Å². The van der Waals surface area contributed by atoms with Crippen LogP contribution in [0.3, 0.4) is 0 Å². The van der Waals surface area contributed by atoms with Crippen LogP contribution in [0.15, 0.2) is 0 Å². The van der Waals surface area contributed by atoms with E-state index in [0.29, 0.717) is 0 Å². The van der Waals surface area contributed by atoms with E-state index in [4.69, 9.17) is 33.2 Å². The highest BCUT2D eigenvalue weighted by molar-refractivity contribution is 5.73. The molecule has 4 aliphatic rings. The molecule has 0 spiro atoms. The maximum Gasteiger partial charge on any atom is 0.217 e. The second kappa shape index (κ2) is 15.5. The highest BCUT2D eigenvalue weighted by atomic mass is 16.8. The van der Waals surface area contributed by atoms with Crippen molar-refractivity contribution < 1.29 is 94.1 Å². The van der Waals surface area contributed by atoms with Gasteiger partial charge in [0.15, 0.2) is 25.2 Å². The smallest absolute Gasteiger partial charge is 0.217 e. The zero-order valence-corrected chi connectivity index (χ0v) is 25.1. The molecule has 0 saturated carbocycles. The normalized spacial score (nSPS) is 51.9. The standard InChI is InChI=1S/C26H45NO19/c1-6-12(31)21(18(37)23(39)40-6)46-26-19(38)22(13(32)7(2)41-26)45-24-11(27-8(3)30)20(15(34)10(5-29)42-24)44-25-17(36)16(35)14(33)9(4-28)43-25/h6-7,9-26,28-29,31-39H,4-5H2,1-3H3,(H,27,30)/t6-,7-,9+,10+,11+,12-,13-,14-,15+,16-,17+,18+,19+,20+,21+,22+,23+,24+,25+,26-/m0/s1. The van der Waals surface area contributed by atoms with Crippen molar-refractivity contribution in [1.29, 1.82) is 0 Å². The first-order chi connectivity index (χ1) is 21.6. The van der Waals surface area contributed by atoms with Gasteiger partial charge in [0, 0.05) is 6.92 Å². The Labute approximate surface area is 262 Å². The summed E-state index contributed by atoms with van der Waals surface area (Å²) in [4.78, 5) is 12.3. The van der Waals surface area contributed by atoms with Crippen LogP contribution in [0, 0.1) is 0 Å². The molecule has 4 aliphatic heterocycles. The number of ether oxygens (including phenoxy) is 7. The summed E-state index contributed by atoms with van der Waals surface area (Å²) in [7, 11) is 0. The van der Waals surface area contributed by atoms with E-state index in [1.54, 1.807) is 0 Å². The summed E-state index contributed by atoms with van der Waals surface area (Å²) in [6, 6.07) is -1.52. The molecule has 4 heterocycles. The minimum atomic E-state index is -1.91. The number of aliphatic hydroxyl groups is 11. The number of carbonyl (C=O) groups excluding carboxylic acids is 1. The van der Waals surface area contributed by atoms with Gasteiger partial charge >= 0.3 is 0 Å². The van der Waals surface area contributed by atoms with Gasteiger partial charge in [-0.1, -0.05) is 0 Å². The lowest BCUT2D eigenvalue weighted by molar-refractivity contribution is -0.376. The van der Waals surface area contributed by atoms with Crippen molar-refractivity contribution in [2.75, 3.05) is 13.2 Å². The van der Waals surface area contributed by atoms with Gasteiger partial charge in [-0.2, -0.15) is 0 Å². The van der Waals surface area contributed by atoms with Crippen LogP contribution in [0.5, 0.6) is 0 Å². The molecular weight excluding hydrogens is 630 g/mol. The van der Waals surface area contributed by atoms with Crippen molar-refractivity contribution in [3.8, 4) is 0 Å². The molecule has 0 bridgehead atoms. The summed E-state index contributed by atoms with van der Waals surface area (Å²) in [6.45, 7) is 2.25. The highest BCUT2D eigenvalue weighted by Gasteiger charge is 2.55. The first-order valence-corrected chi connectivity index (χ1v) is 14.8. The van der Waals surface area contributed by atoms with Crippen molar-refractivity contribution in [2.24, 2.45) is 0 Å². The monoisotopic (exact) mass is 675 g/mol. The molecular formula is C26H45NO19. The van der Waals surface area contributed by atoms with Crippen molar-refractivity contribution in [1.82, 2.24) is 5.32 Å². The Morgan fingerprint density at radius 3 is 1.63 bits per heavy atom. The van der Waals surface area contributed by atoms with Gasteiger partial charge in [-0.3, -0.25) is 4.79 Å². The van der Waals surface area contributed by atoms with Crippen LogP contribution in [0.1, 0.15) is 20.8 Å². The Balaban J connectivity index is 1.59. The topological polar surface area (TPSA) is 316 Å². The molecule has 20 nitrogen and oxygen atoms in total. The molecule has 0 aromatic heterocycles. The third-order valence-electron chi connectivity index (χ3n) is 8.53. The lowest BCUT2D eigenvalue weighted by Gasteiger charge is -2.50. The predicted molar refractivity (Wildman–Crippen MR) is 143 cm³/mol. The Morgan fingerprint density at radius 2 is 1.04 bits per heavy atom. The maximum absolute atomic E-state index is 12.3. The third kappa shape index (κ3) is 7.64. The van der Waals surface area contributed by atoms with Crippen molar-refractivity contribution >= 4 is 5.91 Å². The molecule has 4 rings (SSSR count). The summed E-state index contributed by atoms with van der Waals surface area (Å²) in [5.74, 6) is -0.711. The van der Waals surface area contributed by atoms with E-state index in [1.807, 2.05) is 0 Å². The average molecular weight is 676 g/mol. The zero-order chi connectivity index (χ0) is 34.2. The minimum Gasteiger partial charge on any atom is -0.394 e. The van der Waals surface area contributed by atoms with Crippen LogP contribution >= 0.6 is 0 Å². The number of carbonyl (C=O) groups is 1. The van der Waals surface area contributed by atoms with E-state index in [9.17, 15) is 61.0 Å². The van der Waals surface area contributed by atoms with Crippen LogP contribution in [-0.2, 0) is 38.0 Å². The maximum atomic E-state index is 12.3. The predicted octanol–water partition coefficient (Wildman–Crippen LogP) is -7.55. The van der Waals surface area contributed by atoms with Crippen LogP contribution in [0.25, 0.3) is 0 Å². The lowest BCUT2D eigenvalue weighted by Crippen LogP contribution is -2.70. The number of aliphatic hydroxyl groups excluding tert-OH is 11. The average Bonchev–Trinajstić information content (AvgIpc) is 3.01. The van der Waals surface area contributed by atoms with Gasteiger partial charge in [-0.25, -0.2) is 0 Å². The SMILES string of the molecule is CC(=O)N[C@H]1[C@@H](O[C@@H]2[C@@H](O)[C@H](C)O[C@@H](O[C@@H]3[C@@H](O)[C@H](C)O[C@@H](O)[C@@H]3O)[C@@H]2O)O[C@H](CO)[C@@H](O)[C@@H]1O[C@H]1O[C@H](CO)[C@H](O)[C@H](O)[C@H]1O. The van der Waals surface area contributed by atoms with Crippen LogP contribution in [-0.4, -0.2) is 198 Å². The summed E-state index contributed by atoms with van der Waals surface area (Å²) in [5, 5.41) is 117. The van der Waals surface area contributed by atoms with Crippen LogP contribution in [0.4, 0.5) is 0 Å². The Hall–Kier alpha value is -1.25. The van der Waals surface area contributed by atoms with Gasteiger partial charge in [0.25, 0.3) is 0 Å². The van der Waals surface area contributed by atoms with E-state index in [1.165, 1.54) is 13.8 Å². The second-order valence-corrected chi connectivity index (χ2v) is 11.8. The van der Waals surface area contributed by atoms with E-state index < -0.39 is 142 Å². The molecule has 20 atom stereocenters. The van der Waals surface area contributed by atoms with Gasteiger partial charge in [-0.05, 0) is 13.8 Å². The quantitative estimate of drug-likeness (QED) is 0.108. The van der Waals surface area contributed by atoms with E-state index >= 15 is 0 Å². The number of hydrogen-bond donors (Lipinski definition) is 12. The first-order valence-electron chi connectivity index (χ1n) is 14.8. The van der Waals surface area contributed by atoms with Gasteiger partial charge in [0.05, 0.1) is 25.4 Å². The number of nitrogens with one attached hydrogen (secondary N) is 1. The molecule has 0 aromatic carbocycles. The van der Waals surface area contributed by atoms with E-state index in [0.717, 1.165) is 6.92 Å². The Morgan fingerprint density at radius 1 is 0.565 bits per heavy atom. The minimum absolute atomic E-state index is 0.711. The molecule has 46 heavy (non-hydrogen) atoms. The van der Waals surface area contributed by atoms with Crippen molar-refractivity contribution in [3.05, 3.63) is 0 Å². The van der Waals surface area contributed by atoms with E-state index in [2.05, 4.69) is 5.32 Å². The fourth-order valence-corrected chi connectivity index (χ4v) is 5.82. The summed E-state index contributed by atoms with van der Waals surface area (Å²) in [5.41, 5.74) is 0. The van der Waals surface area contributed by atoms with Crippen LogP contribution in [0.2, 0.25) is 0 Å². The molecule has 4 saturated heterocycles. The third-order valence-corrected chi connectivity index (χ3v) is 8.53. The molecule has 0 aliphatic carbocycles. The van der Waals surface area contributed by atoms with Gasteiger partial charge in [0.2, 0.25) is 5.91 Å². The summed E-state index contributed by atoms with van der Waals surface area (Å²) >= 11 is 0. The lowest BCUT2D eigenvalue weighted by atomic mass is 9.94. The molecule has 268 valence electrons. The van der Waals surface area contributed by atoms with Crippen molar-refractivity contribution in [3.63, 3.8) is 0 Å². The van der Waals surface area contributed by atoms with Gasteiger partial charge < -0.3 is 94.6 Å². The van der Waals surface area contributed by atoms with Gasteiger partial charge in [0.1, 0.15) is 85.4 Å². The zero-order valence-electron chi connectivity index (χ0n) is 25.1. The summed E-state index contributed by atoms with van der Waals surface area (Å²) in [6.07, 6.45) is -30.7. The first kappa shape index (κ1) is 37.6. The fraction of sp³-hybridized carbons (Fsp3) is 0.962. The van der Waals surface area contributed by atoms with Gasteiger partial charge in [-0.15, -0.1) is 0 Å². The molecule has 0 radical (unpaired) electrons. The number of hydrogen-bond acceptors (Lipinski definition) is 19. The summed E-state index contributed by atoms with van der Waals surface area (Å²) < 4.78 is 39.0. The Kier molecular flexibility index (Phi) is 12.7. The number of amides is 1. The molecule has 0 unspecified atom stereocenters. The largest absolute Gasteiger partial charge is 0.394 e. The molecule has 1 amide bonds. The fourth-order valence-electron chi connectivity index (χ4n) is 5.82. The van der Waals surface area contributed by atoms with Crippen molar-refractivity contribution in [2.45, 2.75) is 144 Å². The molecule has 12 N–H and O–H groups in total. The molecule has 4 fully saturated rings. The molecule has 0 aromatic rings. The van der Waals surface area contributed by atoms with Crippen LogP contribution < -0.4 is 5.32 Å².